The van der Waals surface area contributed by atoms with E-state index in [2.05, 4.69) is 24.1 Å². The zero-order valence-corrected chi connectivity index (χ0v) is 12.2. The highest BCUT2D eigenvalue weighted by Gasteiger charge is 2.16. The van der Waals surface area contributed by atoms with Gasteiger partial charge in [-0.3, -0.25) is 0 Å². The van der Waals surface area contributed by atoms with Crippen LogP contribution >= 0.6 is 11.3 Å². The average Bonchev–Trinajstić information content (AvgIpc) is 2.53. The van der Waals surface area contributed by atoms with E-state index in [4.69, 9.17) is 0 Å². The van der Waals surface area contributed by atoms with Gasteiger partial charge in [0.15, 0.2) is 5.13 Å². The van der Waals surface area contributed by atoms with Gasteiger partial charge >= 0.3 is 0 Å². The number of nitrogens with one attached hydrogen (secondary N) is 1. The molecule has 0 aromatic carbocycles. The van der Waals surface area contributed by atoms with Gasteiger partial charge < -0.3 is 10.4 Å². The van der Waals surface area contributed by atoms with Crippen LogP contribution in [0.25, 0.3) is 0 Å². The fourth-order valence-electron chi connectivity index (χ4n) is 2.51. The summed E-state index contributed by atoms with van der Waals surface area (Å²) in [5.41, 5.74) is 0. The van der Waals surface area contributed by atoms with Crippen LogP contribution < -0.4 is 5.32 Å². The molecule has 18 heavy (non-hydrogen) atoms. The van der Waals surface area contributed by atoms with Crippen molar-refractivity contribution in [3.8, 4) is 5.88 Å². The van der Waals surface area contributed by atoms with Crippen LogP contribution in [0.5, 0.6) is 5.88 Å². The molecule has 1 saturated carbocycles. The molecule has 0 aliphatic heterocycles. The summed E-state index contributed by atoms with van der Waals surface area (Å²) in [6, 6.07) is 0.546. The van der Waals surface area contributed by atoms with Crippen molar-refractivity contribution in [2.75, 3.05) is 5.32 Å². The third kappa shape index (κ3) is 3.87. The maximum Gasteiger partial charge on any atom is 0.227 e. The molecule has 1 aromatic heterocycles. The van der Waals surface area contributed by atoms with Crippen molar-refractivity contribution in [3.05, 3.63) is 4.88 Å². The van der Waals surface area contributed by atoms with Crippen molar-refractivity contribution in [1.82, 2.24) is 4.98 Å². The molecule has 0 bridgehead atoms. The molecule has 3 nitrogen and oxygen atoms in total. The zero-order chi connectivity index (χ0) is 13.0. The Morgan fingerprint density at radius 1 is 1.28 bits per heavy atom. The lowest BCUT2D eigenvalue weighted by Crippen LogP contribution is -2.17. The van der Waals surface area contributed by atoms with Crippen molar-refractivity contribution in [2.45, 2.75) is 64.8 Å². The molecule has 0 radical (unpaired) electrons. The normalized spacial score (nSPS) is 17.9. The molecule has 0 atom stereocenters. The van der Waals surface area contributed by atoms with E-state index in [1.54, 1.807) is 11.3 Å². The Morgan fingerprint density at radius 3 is 2.56 bits per heavy atom. The molecule has 102 valence electrons. The van der Waals surface area contributed by atoms with Crippen molar-refractivity contribution >= 4 is 16.5 Å². The first-order valence-electron chi connectivity index (χ1n) is 7.10. The number of aromatic nitrogens is 1. The lowest BCUT2D eigenvalue weighted by Gasteiger charge is -2.14. The maximum absolute atomic E-state index is 9.82. The van der Waals surface area contributed by atoms with E-state index in [1.807, 2.05) is 0 Å². The quantitative estimate of drug-likeness (QED) is 0.805. The van der Waals surface area contributed by atoms with Crippen LogP contribution in [0.2, 0.25) is 0 Å². The van der Waals surface area contributed by atoms with Gasteiger partial charge in [-0.2, -0.15) is 4.98 Å². The van der Waals surface area contributed by atoms with Gasteiger partial charge in [-0.25, -0.2) is 0 Å². The van der Waals surface area contributed by atoms with E-state index in [0.29, 0.717) is 12.0 Å². The van der Waals surface area contributed by atoms with Crippen molar-refractivity contribution in [2.24, 2.45) is 5.92 Å². The Morgan fingerprint density at radius 2 is 1.94 bits per heavy atom. The first kappa shape index (κ1) is 13.7. The molecule has 2 N–H and O–H groups in total. The number of rotatable bonds is 4. The van der Waals surface area contributed by atoms with Crippen LogP contribution in [0.1, 0.15) is 57.2 Å². The van der Waals surface area contributed by atoms with E-state index in [9.17, 15) is 5.11 Å². The molecular formula is C14H24N2OS. The van der Waals surface area contributed by atoms with Crippen LogP contribution in [0.15, 0.2) is 0 Å². The molecule has 1 fully saturated rings. The second-order valence-corrected chi connectivity index (χ2v) is 6.78. The molecule has 2 rings (SSSR count). The van der Waals surface area contributed by atoms with Crippen LogP contribution in [-0.2, 0) is 6.42 Å². The molecular weight excluding hydrogens is 244 g/mol. The predicted octanol–water partition coefficient (Wildman–Crippen LogP) is 4.18. The summed E-state index contributed by atoms with van der Waals surface area (Å²) in [6.45, 7) is 4.33. The average molecular weight is 268 g/mol. The SMILES string of the molecule is CC(C)Cc1sc(NC2CCCCCC2)nc1O. The van der Waals surface area contributed by atoms with Crippen LogP contribution in [-0.4, -0.2) is 16.1 Å². The standard InChI is InChI=1S/C14H24N2OS/c1-10(2)9-12-13(17)16-14(18-12)15-11-7-5-3-4-6-8-11/h10-11,17H,3-9H2,1-2H3,(H,15,16). The lowest BCUT2D eigenvalue weighted by atomic mass is 10.1. The first-order chi connectivity index (χ1) is 8.65. The van der Waals surface area contributed by atoms with Crippen molar-refractivity contribution in [3.63, 3.8) is 0 Å². The van der Waals surface area contributed by atoms with Gasteiger partial charge in [0.25, 0.3) is 0 Å². The van der Waals surface area contributed by atoms with Gasteiger partial charge in [0.1, 0.15) is 0 Å². The number of anilines is 1. The van der Waals surface area contributed by atoms with Gasteiger partial charge in [0.05, 0.1) is 4.88 Å². The predicted molar refractivity (Wildman–Crippen MR) is 77.4 cm³/mol. The second kappa shape index (κ2) is 6.41. The Kier molecular flexibility index (Phi) is 4.87. The molecule has 0 unspecified atom stereocenters. The smallest absolute Gasteiger partial charge is 0.227 e. The van der Waals surface area contributed by atoms with E-state index in [0.717, 1.165) is 16.4 Å². The highest BCUT2D eigenvalue weighted by atomic mass is 32.1. The van der Waals surface area contributed by atoms with Crippen LogP contribution in [0.4, 0.5) is 5.13 Å². The largest absolute Gasteiger partial charge is 0.492 e. The summed E-state index contributed by atoms with van der Waals surface area (Å²) in [4.78, 5) is 5.27. The summed E-state index contributed by atoms with van der Waals surface area (Å²) in [5.74, 6) is 0.784. The third-order valence-corrected chi connectivity index (χ3v) is 4.45. The monoisotopic (exact) mass is 268 g/mol. The summed E-state index contributed by atoms with van der Waals surface area (Å²) >= 11 is 1.62. The van der Waals surface area contributed by atoms with Crippen LogP contribution in [0.3, 0.4) is 0 Å². The Balaban J connectivity index is 1.96. The van der Waals surface area contributed by atoms with Gasteiger partial charge in [-0.05, 0) is 25.2 Å². The highest BCUT2D eigenvalue weighted by Crippen LogP contribution is 2.31. The topological polar surface area (TPSA) is 45.2 Å². The summed E-state index contributed by atoms with van der Waals surface area (Å²) < 4.78 is 0. The molecule has 0 spiro atoms. The number of nitrogens with zero attached hydrogens (tertiary/aromatic N) is 1. The molecule has 0 saturated heterocycles. The molecule has 1 aliphatic rings. The third-order valence-electron chi connectivity index (χ3n) is 3.45. The minimum Gasteiger partial charge on any atom is -0.492 e. The fourth-order valence-corrected chi connectivity index (χ4v) is 3.65. The Labute approximate surface area is 114 Å². The van der Waals surface area contributed by atoms with Crippen LogP contribution in [0, 0.1) is 5.92 Å². The number of hydrogen-bond donors (Lipinski definition) is 2. The molecule has 1 aromatic rings. The van der Waals surface area contributed by atoms with Crippen molar-refractivity contribution in [1.29, 1.82) is 0 Å². The minimum absolute atomic E-state index is 0.227. The van der Waals surface area contributed by atoms with E-state index >= 15 is 0 Å². The summed E-state index contributed by atoms with van der Waals surface area (Å²) in [5, 5.41) is 14.2. The summed E-state index contributed by atoms with van der Waals surface area (Å²) in [6.07, 6.45) is 8.73. The van der Waals surface area contributed by atoms with Gasteiger partial charge in [0, 0.05) is 6.04 Å². The number of aromatic hydroxyl groups is 1. The Hall–Kier alpha value is -0.770. The lowest BCUT2D eigenvalue weighted by molar-refractivity contribution is 0.447. The molecule has 0 amide bonds. The minimum atomic E-state index is 0.227. The number of thiazole rings is 1. The van der Waals surface area contributed by atoms with Crippen molar-refractivity contribution < 1.29 is 5.11 Å². The fraction of sp³-hybridized carbons (Fsp3) is 0.786. The van der Waals surface area contributed by atoms with E-state index in [-0.39, 0.29) is 5.88 Å². The highest BCUT2D eigenvalue weighted by molar-refractivity contribution is 7.15. The molecule has 4 heteroatoms. The first-order valence-corrected chi connectivity index (χ1v) is 7.92. The number of hydrogen-bond acceptors (Lipinski definition) is 4. The van der Waals surface area contributed by atoms with E-state index in [1.165, 1.54) is 38.5 Å². The van der Waals surface area contributed by atoms with Gasteiger partial charge in [0.2, 0.25) is 5.88 Å². The molecule has 1 heterocycles. The van der Waals surface area contributed by atoms with Gasteiger partial charge in [-0.15, -0.1) is 0 Å². The van der Waals surface area contributed by atoms with Gasteiger partial charge in [-0.1, -0.05) is 50.9 Å². The second-order valence-electron chi connectivity index (χ2n) is 5.70. The Bertz CT molecular complexity index is 368. The summed E-state index contributed by atoms with van der Waals surface area (Å²) in [7, 11) is 0. The zero-order valence-electron chi connectivity index (χ0n) is 11.4. The van der Waals surface area contributed by atoms with E-state index < -0.39 is 0 Å². The maximum atomic E-state index is 9.82. The molecule has 1 aliphatic carbocycles.